The van der Waals surface area contributed by atoms with Crippen LogP contribution in [0.3, 0.4) is 0 Å². The summed E-state index contributed by atoms with van der Waals surface area (Å²) in [5.41, 5.74) is 2.35. The number of nitrogens with one attached hydrogen (secondary N) is 2. The van der Waals surface area contributed by atoms with E-state index in [4.69, 9.17) is 9.47 Å². The third-order valence-electron chi connectivity index (χ3n) is 5.70. The van der Waals surface area contributed by atoms with Crippen LogP contribution in [0.15, 0.2) is 24.5 Å². The van der Waals surface area contributed by atoms with Gasteiger partial charge < -0.3 is 25.2 Å². The molecule has 1 atom stereocenters. The van der Waals surface area contributed by atoms with Crippen molar-refractivity contribution in [2.75, 3.05) is 30.4 Å². The van der Waals surface area contributed by atoms with Crippen molar-refractivity contribution in [2.45, 2.75) is 63.6 Å². The van der Waals surface area contributed by atoms with E-state index in [-0.39, 0.29) is 18.7 Å². The van der Waals surface area contributed by atoms with Crippen molar-refractivity contribution >= 4 is 11.8 Å². The summed E-state index contributed by atoms with van der Waals surface area (Å²) in [6, 6.07) is 3.99. The summed E-state index contributed by atoms with van der Waals surface area (Å²) in [6.45, 7) is 3.10. The first kappa shape index (κ1) is 21.9. The van der Waals surface area contributed by atoms with Gasteiger partial charge in [-0.1, -0.05) is 6.92 Å². The largest absolute Gasteiger partial charge is 0.393 e. The number of anilines is 2. The maximum atomic E-state index is 13.7. The summed E-state index contributed by atoms with van der Waals surface area (Å²) >= 11 is 0. The zero-order valence-electron chi connectivity index (χ0n) is 17.8. The molecule has 0 radical (unpaired) electrons. The van der Waals surface area contributed by atoms with Crippen LogP contribution in [0.5, 0.6) is 0 Å². The van der Waals surface area contributed by atoms with Gasteiger partial charge in [0.2, 0.25) is 5.95 Å². The average molecular weight is 432 g/mol. The Balaban J connectivity index is 1.60. The summed E-state index contributed by atoms with van der Waals surface area (Å²) in [5, 5.41) is 16.3. The van der Waals surface area contributed by atoms with Crippen molar-refractivity contribution in [3.63, 3.8) is 0 Å². The Kier molecular flexibility index (Phi) is 7.26. The van der Waals surface area contributed by atoms with E-state index in [0.29, 0.717) is 37.1 Å². The third-order valence-corrected chi connectivity index (χ3v) is 5.70. The fourth-order valence-electron chi connectivity index (χ4n) is 3.82. The predicted molar refractivity (Wildman–Crippen MR) is 115 cm³/mol. The molecule has 1 unspecified atom stereocenters. The second kappa shape index (κ2) is 10.3. The van der Waals surface area contributed by atoms with Gasteiger partial charge in [0.05, 0.1) is 30.6 Å². The molecule has 1 aliphatic heterocycles. The number of aliphatic hydroxyl groups excluding tert-OH is 1. The van der Waals surface area contributed by atoms with Gasteiger partial charge in [0.25, 0.3) is 0 Å². The number of rotatable bonds is 8. The van der Waals surface area contributed by atoms with E-state index in [1.54, 1.807) is 19.3 Å². The monoisotopic (exact) mass is 431 g/mol. The third kappa shape index (κ3) is 5.66. The van der Waals surface area contributed by atoms with Crippen LogP contribution >= 0.6 is 0 Å². The number of nitrogens with zero attached hydrogens (tertiary/aromatic N) is 3. The number of aliphatic hydroxyl groups is 1. The predicted octanol–water partition coefficient (Wildman–Crippen LogP) is 3.46. The Morgan fingerprint density at radius 3 is 2.71 bits per heavy atom. The highest BCUT2D eigenvalue weighted by atomic mass is 19.1. The van der Waals surface area contributed by atoms with E-state index in [1.807, 2.05) is 12.1 Å². The number of halogens is 1. The van der Waals surface area contributed by atoms with E-state index < -0.39 is 12.5 Å². The van der Waals surface area contributed by atoms with Gasteiger partial charge in [0.1, 0.15) is 12.0 Å². The second-order valence-electron chi connectivity index (χ2n) is 8.04. The first-order valence-electron chi connectivity index (χ1n) is 11.0. The van der Waals surface area contributed by atoms with Crippen LogP contribution in [-0.4, -0.2) is 58.1 Å². The van der Waals surface area contributed by atoms with E-state index >= 15 is 0 Å². The zero-order valence-corrected chi connectivity index (χ0v) is 17.8. The topological polar surface area (TPSA) is 101 Å². The van der Waals surface area contributed by atoms with Gasteiger partial charge in [0.15, 0.2) is 6.29 Å². The number of pyridine rings is 1. The van der Waals surface area contributed by atoms with E-state index in [1.165, 1.54) is 0 Å². The Bertz CT molecular complexity index is 857. The molecule has 4 rings (SSSR count). The molecule has 0 spiro atoms. The quantitative estimate of drug-likeness (QED) is 0.584. The Morgan fingerprint density at radius 1 is 1.19 bits per heavy atom. The van der Waals surface area contributed by atoms with Crippen LogP contribution in [0.1, 0.15) is 50.9 Å². The van der Waals surface area contributed by atoms with E-state index in [9.17, 15) is 9.50 Å². The molecule has 1 saturated heterocycles. The van der Waals surface area contributed by atoms with Gasteiger partial charge in [-0.05, 0) is 44.2 Å². The van der Waals surface area contributed by atoms with Gasteiger partial charge in [-0.3, -0.25) is 4.98 Å². The molecule has 1 aliphatic carbocycles. The van der Waals surface area contributed by atoms with Crippen LogP contribution < -0.4 is 10.6 Å². The number of alkyl halides is 1. The summed E-state index contributed by atoms with van der Waals surface area (Å²) in [7, 11) is 0. The van der Waals surface area contributed by atoms with Crippen LogP contribution in [0, 0.1) is 0 Å². The minimum atomic E-state index is -0.954. The van der Waals surface area contributed by atoms with Crippen molar-refractivity contribution in [3.8, 4) is 11.3 Å². The lowest BCUT2D eigenvalue weighted by Gasteiger charge is -2.27. The van der Waals surface area contributed by atoms with Crippen LogP contribution in [0.4, 0.5) is 16.2 Å². The molecular weight excluding hydrogens is 401 g/mol. The summed E-state index contributed by atoms with van der Waals surface area (Å²) < 4.78 is 24.9. The summed E-state index contributed by atoms with van der Waals surface area (Å²) in [4.78, 5) is 13.5. The van der Waals surface area contributed by atoms with Crippen molar-refractivity contribution in [1.82, 2.24) is 15.0 Å². The van der Waals surface area contributed by atoms with Crippen LogP contribution in [0.2, 0.25) is 0 Å². The summed E-state index contributed by atoms with van der Waals surface area (Å²) in [5.74, 6) is 1.01. The SMILES string of the molecule is CCC(F)CNc1ncc(-c2cc(C3OCCO3)ccn2)c(NC2CCC(O)CC2)n1. The highest BCUT2D eigenvalue weighted by Crippen LogP contribution is 2.31. The molecule has 9 heteroatoms. The molecule has 0 aromatic carbocycles. The minimum Gasteiger partial charge on any atom is -0.393 e. The molecule has 3 N–H and O–H groups in total. The van der Waals surface area contributed by atoms with Crippen molar-refractivity contribution in [3.05, 3.63) is 30.1 Å². The van der Waals surface area contributed by atoms with Gasteiger partial charge >= 0.3 is 0 Å². The molecule has 3 heterocycles. The average Bonchev–Trinajstić information content (AvgIpc) is 3.34. The molecule has 1 saturated carbocycles. The molecular formula is C22H30FN5O3. The summed E-state index contributed by atoms with van der Waals surface area (Å²) in [6.07, 6.45) is 5.50. The first-order chi connectivity index (χ1) is 15.1. The van der Waals surface area contributed by atoms with Gasteiger partial charge in [-0.2, -0.15) is 4.98 Å². The Morgan fingerprint density at radius 2 is 1.97 bits per heavy atom. The lowest BCUT2D eigenvalue weighted by molar-refractivity contribution is -0.0441. The number of aromatic nitrogens is 3. The van der Waals surface area contributed by atoms with E-state index in [0.717, 1.165) is 36.8 Å². The molecule has 2 aromatic rings. The molecule has 168 valence electrons. The van der Waals surface area contributed by atoms with Gasteiger partial charge in [-0.15, -0.1) is 0 Å². The van der Waals surface area contributed by atoms with Gasteiger partial charge in [-0.25, -0.2) is 9.37 Å². The molecule has 8 nitrogen and oxygen atoms in total. The maximum absolute atomic E-state index is 13.7. The lowest BCUT2D eigenvalue weighted by Crippen LogP contribution is -2.29. The molecule has 31 heavy (non-hydrogen) atoms. The van der Waals surface area contributed by atoms with Crippen molar-refractivity contribution in [2.24, 2.45) is 0 Å². The fourth-order valence-corrected chi connectivity index (χ4v) is 3.82. The van der Waals surface area contributed by atoms with Crippen molar-refractivity contribution < 1.29 is 19.0 Å². The van der Waals surface area contributed by atoms with E-state index in [2.05, 4.69) is 25.6 Å². The Hall–Kier alpha value is -2.36. The molecule has 0 bridgehead atoms. The standard InChI is InChI=1S/C22H30FN5O3/c1-2-15(23)12-25-22-26-13-18(20(28-22)27-16-3-5-17(29)6-4-16)19-11-14(7-8-24-19)21-30-9-10-31-21/h7-8,11,13,15-17,21,29H,2-6,9-10,12H2,1H3,(H2,25,26,27,28). The molecule has 2 fully saturated rings. The highest BCUT2D eigenvalue weighted by molar-refractivity contribution is 5.73. The molecule has 0 amide bonds. The second-order valence-corrected chi connectivity index (χ2v) is 8.04. The van der Waals surface area contributed by atoms with Gasteiger partial charge in [0, 0.05) is 30.5 Å². The highest BCUT2D eigenvalue weighted by Gasteiger charge is 2.23. The smallest absolute Gasteiger partial charge is 0.224 e. The number of ether oxygens (including phenoxy) is 2. The maximum Gasteiger partial charge on any atom is 0.224 e. The lowest BCUT2D eigenvalue weighted by atomic mass is 9.93. The fraction of sp³-hybridized carbons (Fsp3) is 0.591. The zero-order chi connectivity index (χ0) is 21.6. The number of hydrogen-bond acceptors (Lipinski definition) is 8. The number of hydrogen-bond donors (Lipinski definition) is 3. The van der Waals surface area contributed by atoms with Crippen LogP contribution in [-0.2, 0) is 9.47 Å². The minimum absolute atomic E-state index is 0.162. The van der Waals surface area contributed by atoms with Crippen molar-refractivity contribution in [1.29, 1.82) is 0 Å². The normalized spacial score (nSPS) is 22.9. The first-order valence-corrected chi connectivity index (χ1v) is 11.0. The van der Waals surface area contributed by atoms with Crippen LogP contribution in [0.25, 0.3) is 11.3 Å². The Labute approximate surface area is 181 Å². The molecule has 2 aliphatic rings. The molecule has 2 aromatic heterocycles.